The summed E-state index contributed by atoms with van der Waals surface area (Å²) in [5.41, 5.74) is 0.0771. The largest absolute Gasteiger partial charge is 0.499 e. The molecule has 0 fully saturated rings. The monoisotopic (exact) mass is 284 g/mol. The first-order valence-electron chi connectivity index (χ1n) is 5.04. The molecule has 1 aromatic carbocycles. The van der Waals surface area contributed by atoms with Crippen LogP contribution in [0.15, 0.2) is 24.3 Å². The summed E-state index contributed by atoms with van der Waals surface area (Å²) in [7, 11) is 0. The van der Waals surface area contributed by atoms with Gasteiger partial charge in [0.1, 0.15) is 5.75 Å². The van der Waals surface area contributed by atoms with Crippen molar-refractivity contribution in [3.05, 3.63) is 29.8 Å². The lowest BCUT2D eigenvalue weighted by molar-refractivity contribution is -0.360. The molecule has 0 saturated carbocycles. The first-order valence-corrected chi connectivity index (χ1v) is 5.04. The van der Waals surface area contributed by atoms with E-state index in [9.17, 15) is 26.7 Å². The molecule has 3 nitrogen and oxygen atoms in total. The molecule has 0 bridgehead atoms. The summed E-state index contributed by atoms with van der Waals surface area (Å²) in [6.45, 7) is -0.00471. The maximum atomic E-state index is 12.8. The summed E-state index contributed by atoms with van der Waals surface area (Å²) in [6, 6.07) is 4.98. The van der Waals surface area contributed by atoms with Crippen molar-refractivity contribution in [3.8, 4) is 5.75 Å². The van der Waals surface area contributed by atoms with E-state index >= 15 is 0 Å². The van der Waals surface area contributed by atoms with Crippen LogP contribution in [0.3, 0.4) is 0 Å². The highest BCUT2D eigenvalue weighted by molar-refractivity contribution is 5.38. The van der Waals surface area contributed by atoms with E-state index in [1.807, 2.05) is 0 Å². The second kappa shape index (κ2) is 5.85. The summed E-state index contributed by atoms with van der Waals surface area (Å²) < 4.78 is 69.6. The van der Waals surface area contributed by atoms with Crippen LogP contribution < -0.4 is 4.74 Å². The van der Waals surface area contributed by atoms with E-state index in [4.69, 9.17) is 0 Å². The topological polar surface area (TPSA) is 35.5 Å². The fourth-order valence-corrected chi connectivity index (χ4v) is 1.22. The number of carbonyl (C=O) groups excluding carboxylic acids is 1. The van der Waals surface area contributed by atoms with Crippen LogP contribution in [-0.4, -0.2) is 25.4 Å². The molecule has 0 unspecified atom stereocenters. The number of rotatable bonds is 6. The van der Waals surface area contributed by atoms with Crippen molar-refractivity contribution in [1.82, 2.24) is 0 Å². The van der Waals surface area contributed by atoms with Crippen molar-refractivity contribution in [2.24, 2.45) is 0 Å². The number of alkyl halides is 5. The van der Waals surface area contributed by atoms with Gasteiger partial charge in [-0.15, -0.1) is 0 Å². The maximum absolute atomic E-state index is 12.8. The van der Waals surface area contributed by atoms with Gasteiger partial charge in [-0.1, -0.05) is 18.2 Å². The molecule has 106 valence electrons. The average molecular weight is 284 g/mol. The van der Waals surface area contributed by atoms with Crippen LogP contribution in [-0.2, 0) is 16.0 Å². The molecule has 0 spiro atoms. The Morgan fingerprint density at radius 1 is 1.11 bits per heavy atom. The SMILES string of the molecule is O=COCCc1ccccc1OC(F)(F)C(F)(F)F. The van der Waals surface area contributed by atoms with Crippen molar-refractivity contribution in [2.45, 2.75) is 18.7 Å². The molecule has 0 aliphatic heterocycles. The third-order valence-electron chi connectivity index (χ3n) is 2.10. The van der Waals surface area contributed by atoms with Crippen LogP contribution in [0.1, 0.15) is 5.56 Å². The van der Waals surface area contributed by atoms with E-state index in [1.54, 1.807) is 0 Å². The molecule has 1 rings (SSSR count). The fourth-order valence-electron chi connectivity index (χ4n) is 1.22. The van der Waals surface area contributed by atoms with Gasteiger partial charge >= 0.3 is 12.3 Å². The summed E-state index contributed by atoms with van der Waals surface area (Å²) in [5.74, 6) is -0.612. The zero-order valence-electron chi connectivity index (χ0n) is 9.42. The van der Waals surface area contributed by atoms with Crippen molar-refractivity contribution in [3.63, 3.8) is 0 Å². The Morgan fingerprint density at radius 2 is 1.74 bits per heavy atom. The number of hydrogen-bond donors (Lipinski definition) is 0. The number of para-hydroxylation sites is 1. The first kappa shape index (κ1) is 15.2. The Bertz CT molecular complexity index is 431. The zero-order valence-corrected chi connectivity index (χ0v) is 9.42. The van der Waals surface area contributed by atoms with Gasteiger partial charge in [-0.2, -0.15) is 22.0 Å². The minimum absolute atomic E-state index is 0.0388. The molecule has 19 heavy (non-hydrogen) atoms. The molecular formula is C11H9F5O3. The molecule has 0 N–H and O–H groups in total. The highest BCUT2D eigenvalue weighted by atomic mass is 19.4. The van der Waals surface area contributed by atoms with Crippen molar-refractivity contribution in [1.29, 1.82) is 0 Å². The summed E-state index contributed by atoms with van der Waals surface area (Å²) in [4.78, 5) is 9.92. The predicted molar refractivity (Wildman–Crippen MR) is 53.8 cm³/mol. The highest BCUT2D eigenvalue weighted by Crippen LogP contribution is 2.38. The summed E-state index contributed by atoms with van der Waals surface area (Å²) >= 11 is 0. The van der Waals surface area contributed by atoms with E-state index in [1.165, 1.54) is 18.2 Å². The van der Waals surface area contributed by atoms with E-state index in [0.29, 0.717) is 0 Å². The minimum Gasteiger partial charge on any atom is -0.468 e. The van der Waals surface area contributed by atoms with E-state index in [2.05, 4.69) is 9.47 Å². The molecule has 0 saturated heterocycles. The average Bonchev–Trinajstić information content (AvgIpc) is 2.30. The lowest BCUT2D eigenvalue weighted by Crippen LogP contribution is -2.42. The molecule has 0 radical (unpaired) electrons. The van der Waals surface area contributed by atoms with Gasteiger partial charge in [-0.25, -0.2) is 0 Å². The normalized spacial score (nSPS) is 12.1. The van der Waals surface area contributed by atoms with Crippen molar-refractivity contribution in [2.75, 3.05) is 6.61 Å². The molecule has 0 atom stereocenters. The molecule has 0 amide bonds. The fraction of sp³-hybridized carbons (Fsp3) is 0.364. The molecular weight excluding hydrogens is 275 g/mol. The standard InChI is InChI=1S/C11H9F5O3/c12-10(13,14)11(15,16)19-9-4-2-1-3-8(9)5-6-18-7-17/h1-4,7H,5-6H2. The minimum atomic E-state index is -5.81. The number of benzene rings is 1. The van der Waals surface area contributed by atoms with E-state index < -0.39 is 18.0 Å². The molecule has 0 aromatic heterocycles. The van der Waals surface area contributed by atoms with Gasteiger partial charge in [0.05, 0.1) is 6.61 Å². The Balaban J connectivity index is 2.86. The predicted octanol–water partition coefficient (Wildman–Crippen LogP) is 2.94. The van der Waals surface area contributed by atoms with Crippen LogP contribution in [0.5, 0.6) is 5.75 Å². The molecule has 0 aliphatic rings. The number of carbonyl (C=O) groups is 1. The van der Waals surface area contributed by atoms with Gasteiger partial charge in [0, 0.05) is 6.42 Å². The summed E-state index contributed by atoms with van der Waals surface area (Å²) in [6.07, 6.45) is -11.1. The van der Waals surface area contributed by atoms with Gasteiger partial charge < -0.3 is 9.47 Å². The van der Waals surface area contributed by atoms with Gasteiger partial charge in [0.25, 0.3) is 6.47 Å². The lowest BCUT2D eigenvalue weighted by atomic mass is 10.1. The first-order chi connectivity index (χ1) is 8.78. The van der Waals surface area contributed by atoms with Gasteiger partial charge in [0.15, 0.2) is 0 Å². The number of ether oxygens (including phenoxy) is 2. The van der Waals surface area contributed by atoms with Crippen molar-refractivity contribution >= 4 is 6.47 Å². The van der Waals surface area contributed by atoms with Gasteiger partial charge in [-0.05, 0) is 11.6 Å². The third-order valence-corrected chi connectivity index (χ3v) is 2.10. The lowest BCUT2D eigenvalue weighted by Gasteiger charge is -2.21. The second-order valence-electron chi connectivity index (χ2n) is 3.44. The van der Waals surface area contributed by atoms with E-state index in [-0.39, 0.29) is 25.1 Å². The number of halogens is 5. The van der Waals surface area contributed by atoms with Crippen LogP contribution >= 0.6 is 0 Å². The van der Waals surface area contributed by atoms with Crippen molar-refractivity contribution < 1.29 is 36.2 Å². The third kappa shape index (κ3) is 4.08. The Hall–Kier alpha value is -1.86. The maximum Gasteiger partial charge on any atom is 0.499 e. The Labute approximate surface area is 104 Å². The summed E-state index contributed by atoms with van der Waals surface area (Å²) in [5, 5.41) is 0. The quantitative estimate of drug-likeness (QED) is 0.458. The smallest absolute Gasteiger partial charge is 0.468 e. The molecule has 8 heteroatoms. The van der Waals surface area contributed by atoms with Crippen LogP contribution in [0, 0.1) is 0 Å². The molecule has 0 aliphatic carbocycles. The highest BCUT2D eigenvalue weighted by Gasteiger charge is 2.61. The van der Waals surface area contributed by atoms with Gasteiger partial charge in [-0.3, -0.25) is 4.79 Å². The van der Waals surface area contributed by atoms with Crippen LogP contribution in [0.2, 0.25) is 0 Å². The zero-order chi connectivity index (χ0) is 14.5. The Morgan fingerprint density at radius 3 is 2.32 bits per heavy atom. The second-order valence-corrected chi connectivity index (χ2v) is 3.44. The van der Waals surface area contributed by atoms with Gasteiger partial charge in [0.2, 0.25) is 0 Å². The molecule has 1 aromatic rings. The van der Waals surface area contributed by atoms with E-state index in [0.717, 1.165) is 6.07 Å². The molecule has 0 heterocycles. The van der Waals surface area contributed by atoms with Crippen LogP contribution in [0.4, 0.5) is 22.0 Å². The Kier molecular flexibility index (Phi) is 4.68. The number of hydrogen-bond acceptors (Lipinski definition) is 3. The van der Waals surface area contributed by atoms with Crippen LogP contribution in [0.25, 0.3) is 0 Å².